The molecule has 0 bridgehead atoms. The Kier molecular flexibility index (Phi) is 6.16. The Bertz CT molecular complexity index is 1070. The van der Waals surface area contributed by atoms with Gasteiger partial charge in [0.05, 0.1) is 34.8 Å². The summed E-state index contributed by atoms with van der Waals surface area (Å²) in [6.45, 7) is 9.70. The quantitative estimate of drug-likeness (QED) is 0.560. The number of hydrogen-bond acceptors (Lipinski definition) is 4. The van der Waals surface area contributed by atoms with Gasteiger partial charge in [-0.15, -0.1) is 0 Å². The molecule has 0 spiro atoms. The van der Waals surface area contributed by atoms with Gasteiger partial charge in [-0.25, -0.2) is 4.68 Å². The molecule has 1 aliphatic heterocycles. The molecule has 7 heteroatoms. The predicted molar refractivity (Wildman–Crippen MR) is 127 cm³/mol. The van der Waals surface area contributed by atoms with Crippen LogP contribution in [0.1, 0.15) is 35.6 Å². The van der Waals surface area contributed by atoms with E-state index in [0.29, 0.717) is 11.3 Å². The van der Waals surface area contributed by atoms with Crippen molar-refractivity contribution in [2.75, 3.05) is 23.3 Å². The molecule has 1 fully saturated rings. The van der Waals surface area contributed by atoms with E-state index < -0.39 is 0 Å². The molecule has 2 heterocycles. The number of aryl methyl sites for hydroxylation is 1. The van der Waals surface area contributed by atoms with Crippen LogP contribution in [-0.2, 0) is 4.74 Å². The number of carbonyl (C=O) groups excluding carboxylic acids is 1. The lowest BCUT2D eigenvalue weighted by molar-refractivity contribution is -0.00521. The molecule has 4 rings (SSSR count). The maximum atomic E-state index is 13.0. The fraction of sp³-hybridized carbons (Fsp3) is 0.333. The molecule has 2 atom stereocenters. The summed E-state index contributed by atoms with van der Waals surface area (Å²) >= 11 is 3.45. The highest BCUT2D eigenvalue weighted by Gasteiger charge is 2.23. The van der Waals surface area contributed by atoms with Gasteiger partial charge in [0.2, 0.25) is 0 Å². The lowest BCUT2D eigenvalue weighted by Gasteiger charge is -2.36. The SMILES string of the molecule is Cc1nn(-c2ccc(Br)cc2)c(C)c1C(=O)Nc1ccc(N2CC(C)OC(C)C2)cc1. The summed E-state index contributed by atoms with van der Waals surface area (Å²) in [4.78, 5) is 15.3. The van der Waals surface area contributed by atoms with Gasteiger partial charge < -0.3 is 15.0 Å². The minimum absolute atomic E-state index is 0.153. The number of carbonyl (C=O) groups is 1. The zero-order chi connectivity index (χ0) is 22.1. The molecule has 2 aromatic carbocycles. The summed E-state index contributed by atoms with van der Waals surface area (Å²) in [5.74, 6) is -0.153. The van der Waals surface area contributed by atoms with Gasteiger partial charge in [0, 0.05) is 28.9 Å². The largest absolute Gasteiger partial charge is 0.372 e. The topological polar surface area (TPSA) is 59.4 Å². The second-order valence-electron chi connectivity index (χ2n) is 8.10. The van der Waals surface area contributed by atoms with Crippen LogP contribution in [-0.4, -0.2) is 41.0 Å². The Hall–Kier alpha value is -2.64. The van der Waals surface area contributed by atoms with E-state index in [2.05, 4.69) is 45.1 Å². The van der Waals surface area contributed by atoms with Crippen molar-refractivity contribution in [3.05, 3.63) is 70.0 Å². The van der Waals surface area contributed by atoms with E-state index in [1.807, 2.05) is 62.4 Å². The van der Waals surface area contributed by atoms with E-state index in [1.54, 1.807) is 4.68 Å². The number of benzene rings is 2. The standard InChI is InChI=1S/C24H27BrN4O2/c1-15-13-28(14-16(2)31-15)21-11-7-20(8-12-21)26-24(30)23-17(3)27-29(18(23)4)22-9-5-19(25)6-10-22/h5-12,15-16H,13-14H2,1-4H3,(H,26,30). The first kappa shape index (κ1) is 21.6. The molecule has 31 heavy (non-hydrogen) atoms. The van der Waals surface area contributed by atoms with Crippen LogP contribution in [0.15, 0.2) is 53.0 Å². The maximum absolute atomic E-state index is 13.0. The van der Waals surface area contributed by atoms with Gasteiger partial charge in [0.1, 0.15) is 0 Å². The Labute approximate surface area is 191 Å². The average molecular weight is 483 g/mol. The van der Waals surface area contributed by atoms with Crippen LogP contribution in [0.2, 0.25) is 0 Å². The normalized spacial score (nSPS) is 18.8. The first-order valence-electron chi connectivity index (χ1n) is 10.5. The Morgan fingerprint density at radius 3 is 2.19 bits per heavy atom. The van der Waals surface area contributed by atoms with Crippen molar-refractivity contribution >= 4 is 33.2 Å². The van der Waals surface area contributed by atoms with E-state index in [4.69, 9.17) is 4.74 Å². The first-order chi connectivity index (χ1) is 14.8. The predicted octanol–water partition coefficient (Wildman–Crippen LogP) is 5.12. The number of anilines is 2. The van der Waals surface area contributed by atoms with Crippen LogP contribution in [0.5, 0.6) is 0 Å². The third-order valence-corrected chi connectivity index (χ3v) is 6.03. The van der Waals surface area contributed by atoms with Crippen molar-refractivity contribution in [1.82, 2.24) is 9.78 Å². The van der Waals surface area contributed by atoms with Gasteiger partial charge in [0.25, 0.3) is 5.91 Å². The summed E-state index contributed by atoms with van der Waals surface area (Å²) in [5.41, 5.74) is 4.92. The van der Waals surface area contributed by atoms with E-state index in [0.717, 1.165) is 40.3 Å². The molecule has 0 radical (unpaired) electrons. The number of nitrogens with zero attached hydrogens (tertiary/aromatic N) is 3. The highest BCUT2D eigenvalue weighted by atomic mass is 79.9. The van der Waals surface area contributed by atoms with Gasteiger partial charge >= 0.3 is 0 Å². The van der Waals surface area contributed by atoms with Crippen LogP contribution < -0.4 is 10.2 Å². The molecule has 1 N–H and O–H groups in total. The monoisotopic (exact) mass is 482 g/mol. The smallest absolute Gasteiger partial charge is 0.259 e. The molecule has 6 nitrogen and oxygen atoms in total. The number of rotatable bonds is 4. The average Bonchev–Trinajstić information content (AvgIpc) is 3.02. The summed E-state index contributed by atoms with van der Waals surface area (Å²) in [6, 6.07) is 15.8. The lowest BCUT2D eigenvalue weighted by Crippen LogP contribution is -2.45. The number of amides is 1. The van der Waals surface area contributed by atoms with Crippen LogP contribution in [0.3, 0.4) is 0 Å². The van der Waals surface area contributed by atoms with Crippen molar-refractivity contribution in [1.29, 1.82) is 0 Å². The molecule has 162 valence electrons. The Morgan fingerprint density at radius 2 is 1.58 bits per heavy atom. The van der Waals surface area contributed by atoms with Gasteiger partial charge in [-0.05, 0) is 76.2 Å². The van der Waals surface area contributed by atoms with E-state index in [1.165, 1.54) is 0 Å². The molecular formula is C24H27BrN4O2. The number of aromatic nitrogens is 2. The van der Waals surface area contributed by atoms with Crippen LogP contribution >= 0.6 is 15.9 Å². The maximum Gasteiger partial charge on any atom is 0.259 e. The summed E-state index contributed by atoms with van der Waals surface area (Å²) < 4.78 is 8.62. The van der Waals surface area contributed by atoms with Gasteiger partial charge in [-0.1, -0.05) is 15.9 Å². The zero-order valence-electron chi connectivity index (χ0n) is 18.2. The summed E-state index contributed by atoms with van der Waals surface area (Å²) in [7, 11) is 0. The highest BCUT2D eigenvalue weighted by molar-refractivity contribution is 9.10. The van der Waals surface area contributed by atoms with Gasteiger partial charge in [0.15, 0.2) is 0 Å². The lowest BCUT2D eigenvalue weighted by atomic mass is 10.1. The zero-order valence-corrected chi connectivity index (χ0v) is 19.8. The van der Waals surface area contributed by atoms with Crippen LogP contribution in [0.4, 0.5) is 11.4 Å². The molecule has 2 unspecified atom stereocenters. The highest BCUT2D eigenvalue weighted by Crippen LogP contribution is 2.24. The molecule has 1 aliphatic rings. The molecule has 3 aromatic rings. The van der Waals surface area contributed by atoms with Crippen LogP contribution in [0.25, 0.3) is 5.69 Å². The number of nitrogens with one attached hydrogen (secondary N) is 1. The molecule has 0 saturated carbocycles. The summed E-state index contributed by atoms with van der Waals surface area (Å²) in [5, 5.41) is 7.60. The van der Waals surface area contributed by atoms with Crippen molar-refractivity contribution in [3.8, 4) is 5.69 Å². The second-order valence-corrected chi connectivity index (χ2v) is 9.01. The van der Waals surface area contributed by atoms with Crippen molar-refractivity contribution in [3.63, 3.8) is 0 Å². The molecule has 1 amide bonds. The number of hydrogen-bond donors (Lipinski definition) is 1. The Morgan fingerprint density at radius 1 is 1.00 bits per heavy atom. The first-order valence-corrected chi connectivity index (χ1v) is 11.2. The summed E-state index contributed by atoms with van der Waals surface area (Å²) in [6.07, 6.45) is 0.410. The van der Waals surface area contributed by atoms with Crippen molar-refractivity contribution < 1.29 is 9.53 Å². The number of halogens is 1. The van der Waals surface area contributed by atoms with Gasteiger partial charge in [-0.3, -0.25) is 4.79 Å². The van der Waals surface area contributed by atoms with E-state index in [-0.39, 0.29) is 18.1 Å². The minimum atomic E-state index is -0.153. The molecule has 1 saturated heterocycles. The van der Waals surface area contributed by atoms with Crippen molar-refractivity contribution in [2.45, 2.75) is 39.9 Å². The second kappa shape index (κ2) is 8.85. The number of morpholine rings is 1. The molecule has 1 aromatic heterocycles. The Balaban J connectivity index is 1.50. The fourth-order valence-electron chi connectivity index (χ4n) is 4.14. The molecule has 0 aliphatic carbocycles. The third-order valence-electron chi connectivity index (χ3n) is 5.50. The van der Waals surface area contributed by atoms with E-state index >= 15 is 0 Å². The fourth-order valence-corrected chi connectivity index (χ4v) is 4.41. The van der Waals surface area contributed by atoms with Gasteiger partial charge in [-0.2, -0.15) is 5.10 Å². The molecular weight excluding hydrogens is 456 g/mol. The van der Waals surface area contributed by atoms with Crippen LogP contribution in [0, 0.1) is 13.8 Å². The minimum Gasteiger partial charge on any atom is -0.372 e. The third kappa shape index (κ3) is 4.67. The van der Waals surface area contributed by atoms with E-state index in [9.17, 15) is 4.79 Å². The van der Waals surface area contributed by atoms with Crippen molar-refractivity contribution in [2.24, 2.45) is 0 Å². The number of ether oxygens (including phenoxy) is 1.